The van der Waals surface area contributed by atoms with Crippen LogP contribution in [0.15, 0.2) is 11.8 Å². The number of hydrogen-bond donors (Lipinski definition) is 6. The summed E-state index contributed by atoms with van der Waals surface area (Å²) in [6, 6.07) is -2.30. The molecule has 0 aromatic heterocycles. The highest BCUT2D eigenvalue weighted by Gasteiger charge is 2.44. The van der Waals surface area contributed by atoms with Gasteiger partial charge in [-0.3, -0.25) is 14.4 Å². The number of aliphatic hydroxyl groups excluding tert-OH is 3. The first-order chi connectivity index (χ1) is 14.0. The summed E-state index contributed by atoms with van der Waals surface area (Å²) in [7, 11) is 0. The van der Waals surface area contributed by atoms with Crippen LogP contribution in [0.1, 0.15) is 27.2 Å². The lowest BCUT2D eigenvalue weighted by Crippen LogP contribution is -2.64. The predicted molar refractivity (Wildman–Crippen MR) is 102 cm³/mol. The molecule has 6 N–H and O–H groups in total. The number of ether oxygens (including phenoxy) is 1. The summed E-state index contributed by atoms with van der Waals surface area (Å²) in [4.78, 5) is 48.5. The molecule has 30 heavy (non-hydrogen) atoms. The Labute approximate surface area is 173 Å². The number of carboxylic acids is 1. The smallest absolute Gasteiger partial charge is 0.370 e. The van der Waals surface area contributed by atoms with Gasteiger partial charge >= 0.3 is 5.97 Å². The molecule has 0 saturated carbocycles. The molecule has 3 amide bonds. The highest BCUT2D eigenvalue weighted by Crippen LogP contribution is 2.23. The van der Waals surface area contributed by atoms with Crippen LogP contribution in [0.4, 0.5) is 0 Å². The second-order valence-corrected chi connectivity index (χ2v) is 6.92. The number of hydrogen-bond acceptors (Lipinski definition) is 8. The van der Waals surface area contributed by atoms with E-state index in [1.807, 2.05) is 6.92 Å². The Morgan fingerprint density at radius 2 is 1.83 bits per heavy atom. The van der Waals surface area contributed by atoms with E-state index in [1.54, 1.807) is 0 Å². The summed E-state index contributed by atoms with van der Waals surface area (Å²) >= 11 is 0. The standard InChI is InChI=1S/C18H29N3O9/c1-4-5-21(10(3)24)7-14(26)20-11-6-13(18(28)29)30-17(15(11)19-9(2)23)16(27)12(25)8-22/h6,11-12,15-17,22,25,27H,4-5,7-8H2,1-3H3,(H,19,23)(H,20,26)(H,28,29)/t11-,12+,15+,16+,17-/m0/s1. The van der Waals surface area contributed by atoms with Crippen molar-refractivity contribution in [2.45, 2.75) is 57.6 Å². The van der Waals surface area contributed by atoms with Gasteiger partial charge in [0, 0.05) is 20.4 Å². The molecule has 170 valence electrons. The lowest BCUT2D eigenvalue weighted by atomic mass is 9.92. The molecular weight excluding hydrogens is 402 g/mol. The zero-order valence-corrected chi connectivity index (χ0v) is 17.1. The molecule has 1 aliphatic heterocycles. The maximum Gasteiger partial charge on any atom is 0.370 e. The van der Waals surface area contributed by atoms with Crippen molar-refractivity contribution in [1.29, 1.82) is 0 Å². The Hall–Kier alpha value is -2.70. The van der Waals surface area contributed by atoms with Gasteiger partial charge in [-0.1, -0.05) is 6.92 Å². The van der Waals surface area contributed by atoms with Crippen molar-refractivity contribution in [3.63, 3.8) is 0 Å². The first-order valence-electron chi connectivity index (χ1n) is 9.42. The largest absolute Gasteiger partial charge is 0.478 e. The third-order valence-electron chi connectivity index (χ3n) is 4.43. The van der Waals surface area contributed by atoms with Gasteiger partial charge in [0.2, 0.25) is 23.5 Å². The van der Waals surface area contributed by atoms with Crippen LogP contribution in [-0.4, -0.2) is 99.1 Å². The monoisotopic (exact) mass is 431 g/mol. The number of aliphatic carboxylic acids is 1. The third-order valence-corrected chi connectivity index (χ3v) is 4.43. The molecule has 5 atom stereocenters. The third kappa shape index (κ3) is 6.97. The van der Waals surface area contributed by atoms with Gasteiger partial charge in [0.25, 0.3) is 0 Å². The number of carbonyl (C=O) groups excluding carboxylic acids is 3. The van der Waals surface area contributed by atoms with Crippen LogP contribution in [0.25, 0.3) is 0 Å². The van der Waals surface area contributed by atoms with Gasteiger partial charge in [-0.15, -0.1) is 0 Å². The summed E-state index contributed by atoms with van der Waals surface area (Å²) in [5, 5.41) is 43.4. The van der Waals surface area contributed by atoms with Crippen LogP contribution in [0.2, 0.25) is 0 Å². The quantitative estimate of drug-likeness (QED) is 0.214. The van der Waals surface area contributed by atoms with Crippen LogP contribution in [0.5, 0.6) is 0 Å². The SMILES string of the molecule is CCCN(CC(=O)N[C@H]1C=C(C(=O)O)O[C@H]([C@H](O)[C@H](O)CO)[C@@H]1NC(C)=O)C(C)=O. The normalized spacial score (nSPS) is 22.7. The molecule has 0 unspecified atom stereocenters. The number of carbonyl (C=O) groups is 4. The summed E-state index contributed by atoms with van der Waals surface area (Å²) in [5.74, 6) is -3.63. The minimum Gasteiger partial charge on any atom is -0.478 e. The molecule has 0 saturated heterocycles. The van der Waals surface area contributed by atoms with E-state index in [9.17, 15) is 34.5 Å². The molecule has 12 heteroatoms. The van der Waals surface area contributed by atoms with Gasteiger partial charge in [-0.05, 0) is 12.5 Å². The van der Waals surface area contributed by atoms with Crippen molar-refractivity contribution in [2.75, 3.05) is 19.7 Å². The molecule has 0 spiro atoms. The van der Waals surface area contributed by atoms with Crippen LogP contribution in [0, 0.1) is 0 Å². The van der Waals surface area contributed by atoms with E-state index in [0.717, 1.165) is 6.08 Å². The van der Waals surface area contributed by atoms with E-state index in [0.29, 0.717) is 13.0 Å². The Morgan fingerprint density at radius 3 is 2.30 bits per heavy atom. The second kappa shape index (κ2) is 11.5. The Kier molecular flexibility index (Phi) is 9.69. The molecule has 0 radical (unpaired) electrons. The zero-order valence-electron chi connectivity index (χ0n) is 17.1. The molecule has 1 aliphatic rings. The van der Waals surface area contributed by atoms with E-state index in [2.05, 4.69) is 10.6 Å². The average molecular weight is 431 g/mol. The number of nitrogens with zero attached hydrogens (tertiary/aromatic N) is 1. The number of aliphatic hydroxyl groups is 3. The first kappa shape index (κ1) is 25.3. The molecule has 0 aliphatic carbocycles. The maximum absolute atomic E-state index is 12.5. The van der Waals surface area contributed by atoms with E-state index in [1.165, 1.54) is 18.7 Å². The number of amides is 3. The van der Waals surface area contributed by atoms with Crippen molar-refractivity contribution < 1.29 is 44.3 Å². The van der Waals surface area contributed by atoms with Crippen molar-refractivity contribution in [2.24, 2.45) is 0 Å². The average Bonchev–Trinajstić information content (AvgIpc) is 2.66. The molecule has 1 rings (SSSR count). The van der Waals surface area contributed by atoms with Crippen molar-refractivity contribution >= 4 is 23.7 Å². The highest BCUT2D eigenvalue weighted by atomic mass is 16.5. The summed E-state index contributed by atoms with van der Waals surface area (Å²) in [6.45, 7) is 3.51. The number of carboxylic acid groups (broad SMARTS) is 1. The van der Waals surface area contributed by atoms with Gasteiger partial charge in [-0.25, -0.2) is 4.79 Å². The van der Waals surface area contributed by atoms with Gasteiger partial charge in [-0.2, -0.15) is 0 Å². The minimum atomic E-state index is -1.77. The topological polar surface area (TPSA) is 186 Å². The molecule has 0 fully saturated rings. The highest BCUT2D eigenvalue weighted by molar-refractivity contribution is 5.86. The molecule has 0 bridgehead atoms. The fourth-order valence-corrected chi connectivity index (χ4v) is 3.02. The van der Waals surface area contributed by atoms with E-state index in [4.69, 9.17) is 9.84 Å². The summed E-state index contributed by atoms with van der Waals surface area (Å²) in [6.07, 6.45) is -3.28. The van der Waals surface area contributed by atoms with Gasteiger partial charge in [0.05, 0.1) is 25.2 Å². The van der Waals surface area contributed by atoms with Crippen molar-refractivity contribution in [3.8, 4) is 0 Å². The zero-order chi connectivity index (χ0) is 23.0. The Morgan fingerprint density at radius 1 is 1.20 bits per heavy atom. The van der Waals surface area contributed by atoms with Gasteiger partial charge in [0.15, 0.2) is 0 Å². The molecular formula is C18H29N3O9. The number of nitrogens with one attached hydrogen (secondary N) is 2. The summed E-state index contributed by atoms with van der Waals surface area (Å²) in [5.41, 5.74) is 0. The molecule has 0 aromatic carbocycles. The van der Waals surface area contributed by atoms with Crippen LogP contribution < -0.4 is 10.6 Å². The maximum atomic E-state index is 12.5. The lowest BCUT2D eigenvalue weighted by molar-refractivity contribution is -0.147. The van der Waals surface area contributed by atoms with Gasteiger partial charge < -0.3 is 40.7 Å². The van der Waals surface area contributed by atoms with E-state index >= 15 is 0 Å². The van der Waals surface area contributed by atoms with E-state index in [-0.39, 0.29) is 12.5 Å². The molecule has 1 heterocycles. The molecule has 0 aromatic rings. The van der Waals surface area contributed by atoms with Gasteiger partial charge in [0.1, 0.15) is 18.3 Å². The minimum absolute atomic E-state index is 0.296. The van der Waals surface area contributed by atoms with Crippen molar-refractivity contribution in [3.05, 3.63) is 11.8 Å². The predicted octanol–water partition coefficient (Wildman–Crippen LogP) is -2.68. The Balaban J connectivity index is 3.19. The summed E-state index contributed by atoms with van der Waals surface area (Å²) < 4.78 is 5.23. The van der Waals surface area contributed by atoms with Crippen LogP contribution >= 0.6 is 0 Å². The fourth-order valence-electron chi connectivity index (χ4n) is 3.02. The van der Waals surface area contributed by atoms with Crippen LogP contribution in [-0.2, 0) is 23.9 Å². The first-order valence-corrected chi connectivity index (χ1v) is 9.42. The Bertz CT molecular complexity index is 682. The second-order valence-electron chi connectivity index (χ2n) is 6.92. The van der Waals surface area contributed by atoms with E-state index < -0.39 is 60.5 Å². The van der Waals surface area contributed by atoms with Crippen molar-refractivity contribution in [1.82, 2.24) is 15.5 Å². The number of rotatable bonds is 10. The lowest BCUT2D eigenvalue weighted by Gasteiger charge is -2.40. The molecule has 12 nitrogen and oxygen atoms in total. The van der Waals surface area contributed by atoms with Crippen LogP contribution in [0.3, 0.4) is 0 Å². The fraction of sp³-hybridized carbons (Fsp3) is 0.667.